The van der Waals surface area contributed by atoms with Crippen LogP contribution in [-0.4, -0.2) is 82.2 Å². The molecule has 0 aliphatic carbocycles. The van der Waals surface area contributed by atoms with Gasteiger partial charge in [0.25, 0.3) is 0 Å². The third kappa shape index (κ3) is 7.02. The summed E-state index contributed by atoms with van der Waals surface area (Å²) in [6.07, 6.45) is 4.81. The number of anilines is 1. The zero-order valence-electron chi connectivity index (χ0n) is 25.2. The first kappa shape index (κ1) is 31.1. The summed E-state index contributed by atoms with van der Waals surface area (Å²) in [5.41, 5.74) is 8.95. The topological polar surface area (TPSA) is 133 Å². The second-order valence-corrected chi connectivity index (χ2v) is 13.8. The van der Waals surface area contributed by atoms with Gasteiger partial charge in [-0.2, -0.15) is 0 Å². The van der Waals surface area contributed by atoms with Crippen molar-refractivity contribution in [1.29, 1.82) is 0 Å². The summed E-state index contributed by atoms with van der Waals surface area (Å²) < 4.78 is 11.5. The van der Waals surface area contributed by atoms with Crippen LogP contribution in [0, 0.1) is 0 Å². The zero-order valence-corrected chi connectivity index (χ0v) is 28.4. The summed E-state index contributed by atoms with van der Waals surface area (Å²) in [6.45, 7) is 8.48. The van der Waals surface area contributed by atoms with Gasteiger partial charge in [-0.25, -0.2) is 24.4 Å². The highest BCUT2D eigenvalue weighted by molar-refractivity contribution is 9.10. The van der Waals surface area contributed by atoms with Crippen LogP contribution in [0.15, 0.2) is 76.3 Å². The van der Waals surface area contributed by atoms with Crippen molar-refractivity contribution in [2.45, 2.75) is 45.0 Å². The minimum Gasteiger partial charge on any atom is -0.444 e. The number of hydrogen-bond donors (Lipinski definition) is 1. The summed E-state index contributed by atoms with van der Waals surface area (Å²) in [5, 5.41) is 9.25. The van der Waals surface area contributed by atoms with E-state index in [0.29, 0.717) is 50.1 Å². The Labute approximate surface area is 278 Å². The summed E-state index contributed by atoms with van der Waals surface area (Å²) in [4.78, 5) is 30.0. The van der Waals surface area contributed by atoms with Crippen LogP contribution in [0.4, 0.5) is 10.6 Å². The third-order valence-electron chi connectivity index (χ3n) is 7.69. The van der Waals surface area contributed by atoms with Crippen molar-refractivity contribution in [3.05, 3.63) is 93.1 Å². The van der Waals surface area contributed by atoms with E-state index in [4.69, 9.17) is 10.5 Å². The number of ether oxygens (including phenoxy) is 1. The van der Waals surface area contributed by atoms with Gasteiger partial charge in [-0.3, -0.25) is 4.90 Å². The molecule has 0 radical (unpaired) electrons. The first-order valence-electron chi connectivity index (χ1n) is 14.6. The highest BCUT2D eigenvalue weighted by atomic mass is 79.9. The fourth-order valence-corrected chi connectivity index (χ4v) is 6.14. The number of halogens is 2. The van der Waals surface area contributed by atoms with Crippen LogP contribution in [0.2, 0.25) is 0 Å². The van der Waals surface area contributed by atoms with Crippen LogP contribution in [0.1, 0.15) is 49.7 Å². The van der Waals surface area contributed by atoms with Crippen molar-refractivity contribution in [2.75, 3.05) is 31.9 Å². The zero-order chi connectivity index (χ0) is 31.7. The standard InChI is InChI=1S/C31H34Br2N10O2/c1-31(2,3)45-30(44)41-14-12-40(13-15-41)26(20-4-8-22(32)9-5-20)27(21-6-10-23(33)11-7-21)43-17-24(38-39-43)16-42-19-37-28(34)25-29(42)36-18-35-25/h4-11,17-19,26-27H,12-16,34H2,1-3H3/t26-,27+/m1/s1. The lowest BCUT2D eigenvalue weighted by molar-refractivity contribution is 0.00756. The lowest BCUT2D eigenvalue weighted by Gasteiger charge is -2.42. The molecule has 2 atom stereocenters. The number of carbonyl (C=O) groups is 1. The Balaban J connectivity index is 1.35. The molecule has 3 aliphatic rings. The quantitative estimate of drug-likeness (QED) is 0.233. The number of benzene rings is 2. The Kier molecular flexibility index (Phi) is 8.89. The molecule has 1 saturated heterocycles. The molecule has 2 aromatic carbocycles. The molecule has 0 saturated carbocycles. The highest BCUT2D eigenvalue weighted by Crippen LogP contribution is 2.38. The van der Waals surface area contributed by atoms with E-state index in [0.717, 1.165) is 25.8 Å². The number of aromatic nitrogens is 7. The smallest absolute Gasteiger partial charge is 0.410 e. The van der Waals surface area contributed by atoms with E-state index in [9.17, 15) is 4.79 Å². The number of hydrogen-bond acceptors (Lipinski definition) is 9. The van der Waals surface area contributed by atoms with E-state index in [1.165, 1.54) is 6.33 Å². The van der Waals surface area contributed by atoms with Crippen LogP contribution in [0.25, 0.3) is 11.5 Å². The van der Waals surface area contributed by atoms with E-state index < -0.39 is 5.60 Å². The predicted octanol–water partition coefficient (Wildman–Crippen LogP) is 5.41. The number of nitrogens with two attached hydrogens (primary N) is 1. The van der Waals surface area contributed by atoms with Gasteiger partial charge in [-0.05, 0) is 56.2 Å². The molecule has 4 heterocycles. The van der Waals surface area contributed by atoms with E-state index in [1.807, 2.05) is 48.3 Å². The second-order valence-electron chi connectivity index (χ2n) is 12.0. The number of nitrogens with zero attached hydrogens (tertiary/aromatic N) is 9. The molecule has 0 spiro atoms. The fourth-order valence-electron chi connectivity index (χ4n) is 5.61. The van der Waals surface area contributed by atoms with Gasteiger partial charge in [0.1, 0.15) is 23.3 Å². The van der Waals surface area contributed by atoms with Gasteiger partial charge in [0, 0.05) is 35.1 Å². The molecule has 0 bridgehead atoms. The molecular formula is C31H34Br2N10O2. The van der Waals surface area contributed by atoms with Crippen LogP contribution in [0.3, 0.4) is 0 Å². The first-order valence-corrected chi connectivity index (χ1v) is 16.2. The maximum atomic E-state index is 12.9. The number of carbonyl (C=O) groups excluding carboxylic acids is 1. The second kappa shape index (κ2) is 12.9. The molecule has 14 heteroatoms. The SMILES string of the molecule is CC(C)(C)OC(=O)N1CCN([C@H](c2ccc(Br)cc2)[C@H](c2ccc(Br)cc2)n2cc(Cn3cnc(N)c4ncnc3-4)nn2)CC1. The average Bonchev–Trinajstić information content (AvgIpc) is 3.69. The molecule has 3 aliphatic heterocycles. The van der Waals surface area contributed by atoms with Gasteiger partial charge < -0.3 is 19.9 Å². The normalized spacial score (nSPS) is 15.7. The Morgan fingerprint density at radius 2 is 1.53 bits per heavy atom. The minimum atomic E-state index is -0.548. The van der Waals surface area contributed by atoms with Crippen molar-refractivity contribution in [3.8, 4) is 11.5 Å². The molecular weight excluding hydrogens is 704 g/mol. The lowest BCUT2D eigenvalue weighted by Crippen LogP contribution is -2.52. The molecule has 1 fully saturated rings. The summed E-state index contributed by atoms with van der Waals surface area (Å²) in [6, 6.07) is 16.3. The van der Waals surface area contributed by atoms with Gasteiger partial charge >= 0.3 is 6.09 Å². The maximum Gasteiger partial charge on any atom is 0.410 e. The van der Waals surface area contributed by atoms with Gasteiger partial charge in [-0.1, -0.05) is 61.3 Å². The van der Waals surface area contributed by atoms with Crippen LogP contribution in [-0.2, 0) is 11.3 Å². The number of imidazole rings is 1. The molecule has 0 unspecified atom stereocenters. The van der Waals surface area contributed by atoms with Crippen LogP contribution >= 0.6 is 31.9 Å². The molecule has 6 rings (SSSR count). The predicted molar refractivity (Wildman–Crippen MR) is 177 cm³/mol. The number of amides is 1. The molecule has 12 nitrogen and oxygen atoms in total. The minimum absolute atomic E-state index is 0.117. The molecule has 234 valence electrons. The van der Waals surface area contributed by atoms with E-state index in [2.05, 4.69) is 98.4 Å². The third-order valence-corrected chi connectivity index (χ3v) is 8.74. The number of nitrogen functional groups attached to an aromatic ring is 1. The fraction of sp³-hybridized carbons (Fsp3) is 0.355. The Bertz CT molecular complexity index is 1720. The maximum absolute atomic E-state index is 12.9. The number of rotatable bonds is 7. The highest BCUT2D eigenvalue weighted by Gasteiger charge is 2.36. The van der Waals surface area contributed by atoms with Crippen molar-refractivity contribution >= 4 is 43.8 Å². The average molecular weight is 738 g/mol. The largest absolute Gasteiger partial charge is 0.444 e. The van der Waals surface area contributed by atoms with Crippen LogP contribution < -0.4 is 5.73 Å². The van der Waals surface area contributed by atoms with Gasteiger partial charge in [0.05, 0.1) is 31.2 Å². The monoisotopic (exact) mass is 736 g/mol. The molecule has 45 heavy (non-hydrogen) atoms. The van der Waals surface area contributed by atoms with Gasteiger partial charge in [0.2, 0.25) is 0 Å². The van der Waals surface area contributed by atoms with Gasteiger partial charge in [0.15, 0.2) is 11.6 Å². The van der Waals surface area contributed by atoms with Crippen LogP contribution in [0.5, 0.6) is 0 Å². The van der Waals surface area contributed by atoms with Crippen molar-refractivity contribution in [1.82, 2.24) is 44.3 Å². The van der Waals surface area contributed by atoms with E-state index >= 15 is 0 Å². The summed E-state index contributed by atoms with van der Waals surface area (Å²) in [7, 11) is 0. The molecule has 1 amide bonds. The Morgan fingerprint density at radius 1 is 0.911 bits per heavy atom. The summed E-state index contributed by atoms with van der Waals surface area (Å²) >= 11 is 7.19. The Morgan fingerprint density at radius 3 is 2.16 bits per heavy atom. The van der Waals surface area contributed by atoms with Crippen molar-refractivity contribution in [3.63, 3.8) is 0 Å². The van der Waals surface area contributed by atoms with E-state index in [-0.39, 0.29) is 18.2 Å². The van der Waals surface area contributed by atoms with Crippen molar-refractivity contribution in [2.24, 2.45) is 0 Å². The number of piperazine rings is 1. The summed E-state index contributed by atoms with van der Waals surface area (Å²) in [5.74, 6) is 0.971. The van der Waals surface area contributed by atoms with Gasteiger partial charge in [-0.15, -0.1) is 5.10 Å². The lowest BCUT2D eigenvalue weighted by atomic mass is 9.91. The van der Waals surface area contributed by atoms with Crippen molar-refractivity contribution < 1.29 is 9.53 Å². The molecule has 3 aromatic rings. The van der Waals surface area contributed by atoms with E-state index in [1.54, 1.807) is 11.2 Å². The molecule has 2 N–H and O–H groups in total. The first-order chi connectivity index (χ1) is 21.6. The number of fused-ring (bicyclic) bond motifs is 1. The Hall–Kier alpha value is -3.88. The molecule has 1 aromatic heterocycles.